The lowest BCUT2D eigenvalue weighted by Gasteiger charge is -2.14. The minimum absolute atomic E-state index is 0.0945. The Hall–Kier alpha value is -0.960. The van der Waals surface area contributed by atoms with Crippen LogP contribution >= 0.6 is 0 Å². The SMILES string of the molecule is CCCCCCCCNC(C)Cc1c(F)cccc1F. The molecule has 0 amide bonds. The van der Waals surface area contributed by atoms with Gasteiger partial charge in [-0.3, -0.25) is 0 Å². The van der Waals surface area contributed by atoms with E-state index in [4.69, 9.17) is 0 Å². The molecule has 0 spiro atoms. The van der Waals surface area contributed by atoms with E-state index in [0.717, 1.165) is 13.0 Å². The highest BCUT2D eigenvalue weighted by Gasteiger charge is 2.11. The van der Waals surface area contributed by atoms with Crippen LogP contribution in [0.4, 0.5) is 8.78 Å². The van der Waals surface area contributed by atoms with Gasteiger partial charge < -0.3 is 5.32 Å². The van der Waals surface area contributed by atoms with E-state index in [1.54, 1.807) is 0 Å². The van der Waals surface area contributed by atoms with Crippen LogP contribution < -0.4 is 5.32 Å². The molecule has 0 fully saturated rings. The summed E-state index contributed by atoms with van der Waals surface area (Å²) in [5, 5.41) is 3.34. The summed E-state index contributed by atoms with van der Waals surface area (Å²) in [5.74, 6) is -0.892. The number of benzene rings is 1. The van der Waals surface area contributed by atoms with Gasteiger partial charge in [0.2, 0.25) is 0 Å². The van der Waals surface area contributed by atoms with Crippen molar-refractivity contribution >= 4 is 0 Å². The lowest BCUT2D eigenvalue weighted by Crippen LogP contribution is -2.29. The predicted molar refractivity (Wildman–Crippen MR) is 80.9 cm³/mol. The molecule has 1 aromatic carbocycles. The highest BCUT2D eigenvalue weighted by molar-refractivity contribution is 5.20. The Morgan fingerprint density at radius 1 is 1.00 bits per heavy atom. The van der Waals surface area contributed by atoms with Crippen molar-refractivity contribution in [3.63, 3.8) is 0 Å². The summed E-state index contributed by atoms with van der Waals surface area (Å²) in [7, 11) is 0. The van der Waals surface area contributed by atoms with E-state index in [1.165, 1.54) is 50.3 Å². The standard InChI is InChI=1S/C17H27F2N/c1-3-4-5-6-7-8-12-20-14(2)13-15-16(18)10-9-11-17(15)19/h9-11,14,20H,3-8,12-13H2,1-2H3. The molecule has 1 aromatic rings. The number of hydrogen-bond donors (Lipinski definition) is 1. The van der Waals surface area contributed by atoms with Crippen molar-refractivity contribution in [1.82, 2.24) is 5.32 Å². The van der Waals surface area contributed by atoms with E-state index < -0.39 is 11.6 Å². The zero-order valence-electron chi connectivity index (χ0n) is 12.7. The van der Waals surface area contributed by atoms with Crippen LogP contribution in [0.3, 0.4) is 0 Å². The molecule has 1 rings (SSSR count). The maximum absolute atomic E-state index is 13.5. The Morgan fingerprint density at radius 2 is 1.60 bits per heavy atom. The normalized spacial score (nSPS) is 12.6. The zero-order chi connectivity index (χ0) is 14.8. The molecule has 0 aliphatic heterocycles. The molecule has 0 aromatic heterocycles. The van der Waals surface area contributed by atoms with Crippen LogP contribution in [0.5, 0.6) is 0 Å². The number of unbranched alkanes of at least 4 members (excludes halogenated alkanes) is 5. The number of nitrogens with one attached hydrogen (secondary N) is 1. The van der Waals surface area contributed by atoms with Gasteiger partial charge in [0, 0.05) is 11.6 Å². The first-order valence-electron chi connectivity index (χ1n) is 7.81. The van der Waals surface area contributed by atoms with Crippen molar-refractivity contribution in [2.75, 3.05) is 6.54 Å². The minimum Gasteiger partial charge on any atom is -0.314 e. The van der Waals surface area contributed by atoms with Gasteiger partial charge in [-0.05, 0) is 38.4 Å². The third-order valence-corrected chi connectivity index (χ3v) is 3.60. The van der Waals surface area contributed by atoms with Gasteiger partial charge in [-0.15, -0.1) is 0 Å². The second kappa shape index (κ2) is 9.87. The molecule has 0 saturated carbocycles. The molecule has 0 heterocycles. The lowest BCUT2D eigenvalue weighted by atomic mass is 10.1. The quantitative estimate of drug-likeness (QED) is 0.605. The molecular weight excluding hydrogens is 256 g/mol. The van der Waals surface area contributed by atoms with Gasteiger partial charge >= 0.3 is 0 Å². The summed E-state index contributed by atoms with van der Waals surface area (Å²) in [6.07, 6.45) is 7.94. The van der Waals surface area contributed by atoms with Crippen LogP contribution in [0.1, 0.15) is 57.9 Å². The number of rotatable bonds is 10. The van der Waals surface area contributed by atoms with E-state index in [1.807, 2.05) is 6.92 Å². The summed E-state index contributed by atoms with van der Waals surface area (Å²) < 4.78 is 27.0. The second-order valence-corrected chi connectivity index (χ2v) is 5.53. The van der Waals surface area contributed by atoms with Gasteiger partial charge in [0.1, 0.15) is 11.6 Å². The topological polar surface area (TPSA) is 12.0 Å². The first-order chi connectivity index (χ1) is 9.65. The van der Waals surface area contributed by atoms with Gasteiger partial charge in [-0.2, -0.15) is 0 Å². The average Bonchev–Trinajstić information content (AvgIpc) is 2.42. The zero-order valence-corrected chi connectivity index (χ0v) is 12.7. The molecule has 3 heteroatoms. The monoisotopic (exact) mass is 283 g/mol. The van der Waals surface area contributed by atoms with Crippen LogP contribution in [0.2, 0.25) is 0 Å². The summed E-state index contributed by atoms with van der Waals surface area (Å²) in [6, 6.07) is 4.14. The minimum atomic E-state index is -0.446. The molecular formula is C17H27F2N. The smallest absolute Gasteiger partial charge is 0.129 e. The van der Waals surface area contributed by atoms with Crippen molar-refractivity contribution in [3.8, 4) is 0 Å². The first kappa shape index (κ1) is 17.1. The van der Waals surface area contributed by atoms with Gasteiger partial charge in [-0.1, -0.05) is 45.1 Å². The maximum Gasteiger partial charge on any atom is 0.129 e. The number of halogens is 2. The molecule has 1 unspecified atom stereocenters. The third-order valence-electron chi connectivity index (χ3n) is 3.60. The van der Waals surface area contributed by atoms with Gasteiger partial charge in [0.15, 0.2) is 0 Å². The van der Waals surface area contributed by atoms with Gasteiger partial charge in [0.05, 0.1) is 0 Å². The van der Waals surface area contributed by atoms with Crippen molar-refractivity contribution in [2.45, 2.75) is 64.8 Å². The molecule has 1 N–H and O–H groups in total. The Balaban J connectivity index is 2.19. The summed E-state index contributed by atoms with van der Waals surface area (Å²) >= 11 is 0. The van der Waals surface area contributed by atoms with Crippen molar-refractivity contribution in [2.24, 2.45) is 0 Å². The lowest BCUT2D eigenvalue weighted by molar-refractivity contribution is 0.485. The Labute approximate surface area is 121 Å². The summed E-state index contributed by atoms with van der Waals surface area (Å²) in [4.78, 5) is 0. The van der Waals surface area contributed by atoms with E-state index >= 15 is 0 Å². The molecule has 1 nitrogen and oxygen atoms in total. The van der Waals surface area contributed by atoms with Crippen molar-refractivity contribution < 1.29 is 8.78 Å². The fraction of sp³-hybridized carbons (Fsp3) is 0.647. The largest absolute Gasteiger partial charge is 0.314 e. The fourth-order valence-corrected chi connectivity index (χ4v) is 2.36. The van der Waals surface area contributed by atoms with Crippen molar-refractivity contribution in [1.29, 1.82) is 0 Å². The number of hydrogen-bond acceptors (Lipinski definition) is 1. The molecule has 0 radical (unpaired) electrons. The molecule has 114 valence electrons. The summed E-state index contributed by atoms with van der Waals surface area (Å²) in [6.45, 7) is 5.11. The third kappa shape index (κ3) is 6.47. The Kier molecular flexibility index (Phi) is 8.43. The van der Waals surface area contributed by atoms with Crippen molar-refractivity contribution in [3.05, 3.63) is 35.4 Å². The van der Waals surface area contributed by atoms with Crippen LogP contribution in [0.25, 0.3) is 0 Å². The fourth-order valence-electron chi connectivity index (χ4n) is 2.36. The second-order valence-electron chi connectivity index (χ2n) is 5.53. The van der Waals surface area contributed by atoms with Gasteiger partial charge in [-0.25, -0.2) is 8.78 Å². The van der Waals surface area contributed by atoms with Gasteiger partial charge in [0.25, 0.3) is 0 Å². The highest BCUT2D eigenvalue weighted by atomic mass is 19.1. The molecule has 0 aliphatic carbocycles. The average molecular weight is 283 g/mol. The van der Waals surface area contributed by atoms with E-state index in [2.05, 4.69) is 12.2 Å². The van der Waals surface area contributed by atoms with Crippen LogP contribution in [0.15, 0.2) is 18.2 Å². The molecule has 0 saturated heterocycles. The first-order valence-corrected chi connectivity index (χ1v) is 7.81. The van der Waals surface area contributed by atoms with E-state index in [0.29, 0.717) is 6.42 Å². The maximum atomic E-state index is 13.5. The van der Waals surface area contributed by atoms with E-state index in [-0.39, 0.29) is 11.6 Å². The molecule has 0 bridgehead atoms. The van der Waals surface area contributed by atoms with Crippen LogP contribution in [0, 0.1) is 11.6 Å². The highest BCUT2D eigenvalue weighted by Crippen LogP contribution is 2.14. The molecule has 20 heavy (non-hydrogen) atoms. The predicted octanol–water partition coefficient (Wildman–Crippen LogP) is 4.85. The van der Waals surface area contributed by atoms with Crippen LogP contribution in [-0.4, -0.2) is 12.6 Å². The Bertz CT molecular complexity index is 359. The molecule has 0 aliphatic rings. The molecule has 1 atom stereocenters. The van der Waals surface area contributed by atoms with E-state index in [9.17, 15) is 8.78 Å². The Morgan fingerprint density at radius 3 is 2.25 bits per heavy atom. The summed E-state index contributed by atoms with van der Waals surface area (Å²) in [5.41, 5.74) is 0.190. The van der Waals surface area contributed by atoms with Crippen LogP contribution in [-0.2, 0) is 6.42 Å².